The SMILES string of the molecule is CC(=O)OCC1=C(C(=O)O)N2C(=O)C(NC(=O)Cc3ccccc3)[C@H]2SC1. The van der Waals surface area contributed by atoms with Gasteiger partial charge < -0.3 is 15.2 Å². The number of nitrogens with one attached hydrogen (secondary N) is 1. The highest BCUT2D eigenvalue weighted by Gasteiger charge is 2.54. The monoisotopic (exact) mass is 390 g/mol. The molecule has 2 aliphatic rings. The van der Waals surface area contributed by atoms with Crippen LogP contribution >= 0.6 is 11.8 Å². The number of rotatable bonds is 6. The Balaban J connectivity index is 1.68. The zero-order valence-corrected chi connectivity index (χ0v) is 15.3. The number of carbonyl (C=O) groups excluding carboxylic acids is 3. The fourth-order valence-electron chi connectivity index (χ4n) is 2.99. The van der Waals surface area contributed by atoms with E-state index in [4.69, 9.17) is 4.74 Å². The number of carbonyl (C=O) groups is 4. The number of fused-ring (bicyclic) bond motifs is 1. The number of hydrogen-bond acceptors (Lipinski definition) is 6. The smallest absolute Gasteiger partial charge is 0.352 e. The summed E-state index contributed by atoms with van der Waals surface area (Å²) in [7, 11) is 0. The van der Waals surface area contributed by atoms with E-state index in [2.05, 4.69) is 5.32 Å². The van der Waals surface area contributed by atoms with E-state index in [0.717, 1.165) is 10.5 Å². The zero-order chi connectivity index (χ0) is 19.6. The first-order valence-electron chi connectivity index (χ1n) is 8.25. The summed E-state index contributed by atoms with van der Waals surface area (Å²) >= 11 is 1.33. The van der Waals surface area contributed by atoms with Gasteiger partial charge in [0.2, 0.25) is 5.91 Å². The molecule has 142 valence electrons. The number of ether oxygens (including phenoxy) is 1. The first kappa shape index (κ1) is 19.0. The third-order valence-electron chi connectivity index (χ3n) is 4.22. The van der Waals surface area contributed by atoms with Crippen LogP contribution in [-0.2, 0) is 30.3 Å². The van der Waals surface area contributed by atoms with Crippen molar-refractivity contribution in [1.29, 1.82) is 0 Å². The number of thioether (sulfide) groups is 1. The van der Waals surface area contributed by atoms with Crippen molar-refractivity contribution >= 4 is 35.5 Å². The van der Waals surface area contributed by atoms with E-state index in [9.17, 15) is 24.3 Å². The summed E-state index contributed by atoms with van der Waals surface area (Å²) in [6.45, 7) is 1.05. The van der Waals surface area contributed by atoms with Crippen LogP contribution in [0.25, 0.3) is 0 Å². The lowest BCUT2D eigenvalue weighted by molar-refractivity contribution is -0.151. The van der Waals surface area contributed by atoms with Crippen LogP contribution < -0.4 is 5.32 Å². The molecule has 2 N–H and O–H groups in total. The number of benzene rings is 1. The standard InChI is InChI=1S/C18H18N2O6S/c1-10(21)26-8-12-9-27-17-14(16(23)20(17)15(12)18(24)25)19-13(22)7-11-5-3-2-4-6-11/h2-6,14,17H,7-9H2,1H3,(H,19,22)(H,24,25)/t14?,17-/m1/s1. The van der Waals surface area contributed by atoms with Crippen LogP contribution in [0.2, 0.25) is 0 Å². The first-order chi connectivity index (χ1) is 12.9. The van der Waals surface area contributed by atoms with Crippen molar-refractivity contribution in [2.24, 2.45) is 0 Å². The maximum absolute atomic E-state index is 12.5. The second-order valence-corrected chi connectivity index (χ2v) is 7.26. The quantitative estimate of drug-likeness (QED) is 0.538. The molecule has 1 aromatic rings. The number of β-lactam (4-membered cyclic amide) rings is 1. The average molecular weight is 390 g/mol. The third kappa shape index (κ3) is 3.97. The van der Waals surface area contributed by atoms with Crippen molar-refractivity contribution in [2.45, 2.75) is 24.8 Å². The van der Waals surface area contributed by atoms with Gasteiger partial charge in [-0.05, 0) is 5.56 Å². The Bertz CT molecular complexity index is 822. The molecule has 2 atom stereocenters. The molecule has 3 rings (SSSR count). The molecule has 0 radical (unpaired) electrons. The van der Waals surface area contributed by atoms with Crippen LogP contribution in [0.5, 0.6) is 0 Å². The number of carboxylic acid groups (broad SMARTS) is 1. The minimum atomic E-state index is -1.26. The van der Waals surface area contributed by atoms with Crippen LogP contribution in [0, 0.1) is 0 Å². The molecule has 1 aromatic carbocycles. The van der Waals surface area contributed by atoms with Crippen molar-refractivity contribution in [2.75, 3.05) is 12.4 Å². The summed E-state index contributed by atoms with van der Waals surface area (Å²) in [5, 5.41) is 11.7. The first-order valence-corrected chi connectivity index (χ1v) is 9.30. The number of hydrogen-bond donors (Lipinski definition) is 2. The van der Waals surface area contributed by atoms with Crippen molar-refractivity contribution in [3.63, 3.8) is 0 Å². The molecule has 0 saturated carbocycles. The summed E-state index contributed by atoms with van der Waals surface area (Å²) in [6, 6.07) is 8.36. The van der Waals surface area contributed by atoms with Gasteiger partial charge in [-0.3, -0.25) is 19.3 Å². The van der Waals surface area contributed by atoms with Gasteiger partial charge in [-0.2, -0.15) is 0 Å². The molecule has 2 aliphatic heterocycles. The summed E-state index contributed by atoms with van der Waals surface area (Å²) in [6.07, 6.45) is 0.140. The molecule has 0 aromatic heterocycles. The van der Waals surface area contributed by atoms with E-state index in [0.29, 0.717) is 11.3 Å². The molecule has 2 amide bonds. The molecule has 9 heteroatoms. The number of amides is 2. The van der Waals surface area contributed by atoms with E-state index in [1.54, 1.807) is 0 Å². The molecule has 1 unspecified atom stereocenters. The minimum absolute atomic E-state index is 0.140. The number of aliphatic carboxylic acids is 1. The Labute approximate surface area is 159 Å². The molecule has 0 spiro atoms. The fraction of sp³-hybridized carbons (Fsp3) is 0.333. The highest BCUT2D eigenvalue weighted by atomic mass is 32.2. The Morgan fingerprint density at radius 1 is 1.30 bits per heavy atom. The number of carboxylic acids is 1. The molecule has 0 bridgehead atoms. The van der Waals surface area contributed by atoms with E-state index in [-0.39, 0.29) is 24.6 Å². The minimum Gasteiger partial charge on any atom is -0.477 e. The predicted octanol–water partition coefficient (Wildman–Crippen LogP) is 0.531. The van der Waals surface area contributed by atoms with Gasteiger partial charge in [-0.15, -0.1) is 11.8 Å². The molecule has 1 saturated heterocycles. The Hall–Kier alpha value is -2.81. The van der Waals surface area contributed by atoms with Crippen LogP contribution in [-0.4, -0.2) is 57.5 Å². The summed E-state index contributed by atoms with van der Waals surface area (Å²) in [5.74, 6) is -2.27. The van der Waals surface area contributed by atoms with Gasteiger partial charge in [-0.25, -0.2) is 4.79 Å². The molecule has 2 heterocycles. The highest BCUT2D eigenvalue weighted by Crippen LogP contribution is 2.40. The van der Waals surface area contributed by atoms with E-state index >= 15 is 0 Å². The topological polar surface area (TPSA) is 113 Å². The summed E-state index contributed by atoms with van der Waals surface area (Å²) < 4.78 is 4.88. The van der Waals surface area contributed by atoms with Crippen LogP contribution in [0.3, 0.4) is 0 Å². The van der Waals surface area contributed by atoms with E-state index < -0.39 is 29.3 Å². The fourth-order valence-corrected chi connectivity index (χ4v) is 4.32. The molecular formula is C18H18N2O6S. The normalized spacial score (nSPS) is 21.2. The van der Waals surface area contributed by atoms with Crippen molar-refractivity contribution in [3.05, 3.63) is 47.2 Å². The van der Waals surface area contributed by atoms with Gasteiger partial charge in [0.15, 0.2) is 0 Å². The number of esters is 1. The second-order valence-electron chi connectivity index (χ2n) is 6.15. The van der Waals surface area contributed by atoms with Crippen molar-refractivity contribution < 1.29 is 29.0 Å². The van der Waals surface area contributed by atoms with Crippen LogP contribution in [0.4, 0.5) is 0 Å². The average Bonchev–Trinajstić information content (AvgIpc) is 2.64. The molecular weight excluding hydrogens is 372 g/mol. The van der Waals surface area contributed by atoms with Gasteiger partial charge in [0.05, 0.1) is 6.42 Å². The Morgan fingerprint density at radius 3 is 2.63 bits per heavy atom. The van der Waals surface area contributed by atoms with Gasteiger partial charge in [-0.1, -0.05) is 30.3 Å². The lowest BCUT2D eigenvalue weighted by atomic mass is 10.0. The Kier molecular flexibility index (Phi) is 5.50. The third-order valence-corrected chi connectivity index (χ3v) is 5.56. The van der Waals surface area contributed by atoms with Crippen molar-refractivity contribution in [1.82, 2.24) is 10.2 Å². The second kappa shape index (κ2) is 7.83. The van der Waals surface area contributed by atoms with Crippen LogP contribution in [0.1, 0.15) is 12.5 Å². The van der Waals surface area contributed by atoms with Crippen LogP contribution in [0.15, 0.2) is 41.6 Å². The van der Waals surface area contributed by atoms with Gasteiger partial charge in [0.1, 0.15) is 23.7 Å². The predicted molar refractivity (Wildman–Crippen MR) is 96.5 cm³/mol. The zero-order valence-electron chi connectivity index (χ0n) is 14.5. The summed E-state index contributed by atoms with van der Waals surface area (Å²) in [4.78, 5) is 48.5. The largest absolute Gasteiger partial charge is 0.477 e. The molecule has 1 fully saturated rings. The molecule has 27 heavy (non-hydrogen) atoms. The number of nitrogens with zero attached hydrogens (tertiary/aromatic N) is 1. The molecule has 0 aliphatic carbocycles. The van der Waals surface area contributed by atoms with E-state index in [1.165, 1.54) is 18.7 Å². The Morgan fingerprint density at radius 2 is 2.00 bits per heavy atom. The maximum Gasteiger partial charge on any atom is 0.352 e. The van der Waals surface area contributed by atoms with E-state index in [1.807, 2.05) is 30.3 Å². The lowest BCUT2D eigenvalue weighted by Gasteiger charge is -2.49. The highest BCUT2D eigenvalue weighted by molar-refractivity contribution is 8.00. The lowest BCUT2D eigenvalue weighted by Crippen LogP contribution is -2.70. The summed E-state index contributed by atoms with van der Waals surface area (Å²) in [5.41, 5.74) is 1.02. The maximum atomic E-state index is 12.5. The van der Waals surface area contributed by atoms with Crippen molar-refractivity contribution in [3.8, 4) is 0 Å². The molecule has 8 nitrogen and oxygen atoms in total. The van der Waals surface area contributed by atoms with Gasteiger partial charge >= 0.3 is 11.9 Å². The van der Waals surface area contributed by atoms with Gasteiger partial charge in [0.25, 0.3) is 5.91 Å². The van der Waals surface area contributed by atoms with Gasteiger partial charge in [0, 0.05) is 18.2 Å².